The first-order chi connectivity index (χ1) is 14.2. The number of benzene rings is 2. The first kappa shape index (κ1) is 21.6. The number of methoxy groups -OCH3 is 2. The summed E-state index contributed by atoms with van der Waals surface area (Å²) in [4.78, 5) is 27.3. The Morgan fingerprint density at radius 3 is 2.10 bits per heavy atom. The Morgan fingerprint density at radius 1 is 0.933 bits per heavy atom. The zero-order valence-electron chi connectivity index (χ0n) is 17.8. The third kappa shape index (κ3) is 4.57. The monoisotopic (exact) mass is 413 g/mol. The van der Waals surface area contributed by atoms with E-state index in [2.05, 4.69) is 0 Å². The van der Waals surface area contributed by atoms with E-state index in [9.17, 15) is 9.59 Å². The van der Waals surface area contributed by atoms with Crippen molar-refractivity contribution in [1.29, 1.82) is 0 Å². The molecule has 1 saturated heterocycles. The standard InChI is InChI=1S/C23H27NO6/c1-23(2,3)30-22(26)24-18(15-9-7-6-8-10-15)19(21(25)28-5)29-20(24)16-11-13-17(27-4)14-12-16/h6-14,18-20H,1-5H3/t18-,19-,20+/m1/s1. The molecule has 0 aliphatic carbocycles. The molecular weight excluding hydrogens is 386 g/mol. The highest BCUT2D eigenvalue weighted by Gasteiger charge is 2.51. The number of nitrogens with zero attached hydrogens (tertiary/aromatic N) is 1. The molecule has 0 unspecified atom stereocenters. The number of esters is 1. The van der Waals surface area contributed by atoms with Crippen LogP contribution in [0.4, 0.5) is 4.79 Å². The summed E-state index contributed by atoms with van der Waals surface area (Å²) in [5.74, 6) is 0.109. The fraction of sp³-hybridized carbons (Fsp3) is 0.391. The van der Waals surface area contributed by atoms with Gasteiger partial charge < -0.3 is 18.9 Å². The predicted molar refractivity (Wildman–Crippen MR) is 110 cm³/mol. The van der Waals surface area contributed by atoms with Crippen molar-refractivity contribution in [2.75, 3.05) is 14.2 Å². The Labute approximate surface area is 176 Å². The van der Waals surface area contributed by atoms with Crippen LogP contribution in [0, 0.1) is 0 Å². The molecule has 0 spiro atoms. The van der Waals surface area contributed by atoms with Gasteiger partial charge in [0.2, 0.25) is 0 Å². The minimum Gasteiger partial charge on any atom is -0.497 e. The van der Waals surface area contributed by atoms with E-state index in [1.165, 1.54) is 12.0 Å². The van der Waals surface area contributed by atoms with Crippen LogP contribution in [0.15, 0.2) is 54.6 Å². The second kappa shape index (κ2) is 8.75. The molecule has 0 radical (unpaired) electrons. The minimum absolute atomic E-state index is 0.562. The fourth-order valence-corrected chi connectivity index (χ4v) is 3.39. The van der Waals surface area contributed by atoms with Crippen molar-refractivity contribution < 1.29 is 28.5 Å². The lowest BCUT2D eigenvalue weighted by Gasteiger charge is -2.31. The number of hydrogen-bond donors (Lipinski definition) is 0. The summed E-state index contributed by atoms with van der Waals surface area (Å²) in [5, 5.41) is 0. The molecule has 1 fully saturated rings. The zero-order chi connectivity index (χ0) is 21.9. The molecule has 7 heteroatoms. The van der Waals surface area contributed by atoms with Crippen LogP contribution in [0.25, 0.3) is 0 Å². The fourth-order valence-electron chi connectivity index (χ4n) is 3.39. The SMILES string of the molecule is COC(=O)[C@@H]1O[C@@H](c2ccc(OC)cc2)N(C(=O)OC(C)(C)C)[C@@H]1c1ccccc1. The maximum Gasteiger partial charge on any atom is 0.413 e. The quantitative estimate of drug-likeness (QED) is 0.698. The van der Waals surface area contributed by atoms with Crippen molar-refractivity contribution >= 4 is 12.1 Å². The van der Waals surface area contributed by atoms with Crippen molar-refractivity contribution in [2.45, 2.75) is 44.7 Å². The third-order valence-electron chi connectivity index (χ3n) is 4.69. The first-order valence-corrected chi connectivity index (χ1v) is 9.68. The summed E-state index contributed by atoms with van der Waals surface area (Å²) in [6.45, 7) is 5.37. The van der Waals surface area contributed by atoms with Gasteiger partial charge in [0.25, 0.3) is 0 Å². The van der Waals surface area contributed by atoms with E-state index in [0.29, 0.717) is 11.3 Å². The number of carbonyl (C=O) groups excluding carboxylic acids is 2. The molecule has 2 aromatic carbocycles. The molecule has 1 aliphatic heterocycles. The number of ether oxygens (including phenoxy) is 4. The van der Waals surface area contributed by atoms with Crippen LogP contribution in [0.1, 0.15) is 44.2 Å². The smallest absolute Gasteiger partial charge is 0.413 e. The Balaban J connectivity index is 2.09. The predicted octanol–water partition coefficient (Wildman–Crippen LogP) is 4.24. The lowest BCUT2D eigenvalue weighted by atomic mass is 10.0. The highest BCUT2D eigenvalue weighted by Crippen LogP contribution is 2.44. The molecule has 1 aliphatic rings. The maximum absolute atomic E-state index is 13.3. The molecule has 1 amide bonds. The van der Waals surface area contributed by atoms with Crippen LogP contribution in [0.3, 0.4) is 0 Å². The molecule has 0 aromatic heterocycles. The van der Waals surface area contributed by atoms with Gasteiger partial charge in [-0.1, -0.05) is 42.5 Å². The Kier molecular flexibility index (Phi) is 6.31. The molecular formula is C23H27NO6. The third-order valence-corrected chi connectivity index (χ3v) is 4.69. The average molecular weight is 413 g/mol. The summed E-state index contributed by atoms with van der Waals surface area (Å²) >= 11 is 0. The molecule has 0 bridgehead atoms. The van der Waals surface area contributed by atoms with Crippen molar-refractivity contribution in [1.82, 2.24) is 4.90 Å². The van der Waals surface area contributed by atoms with E-state index >= 15 is 0 Å². The summed E-state index contributed by atoms with van der Waals surface area (Å²) in [5.41, 5.74) is 0.718. The lowest BCUT2D eigenvalue weighted by Crippen LogP contribution is -2.40. The molecule has 3 rings (SSSR count). The van der Waals surface area contributed by atoms with E-state index in [-0.39, 0.29) is 0 Å². The molecule has 30 heavy (non-hydrogen) atoms. The summed E-state index contributed by atoms with van der Waals surface area (Å²) in [7, 11) is 2.87. The average Bonchev–Trinajstić information content (AvgIpc) is 3.13. The van der Waals surface area contributed by atoms with E-state index < -0.39 is 36.0 Å². The van der Waals surface area contributed by atoms with Crippen molar-refractivity contribution in [2.24, 2.45) is 0 Å². The number of amides is 1. The van der Waals surface area contributed by atoms with E-state index in [1.54, 1.807) is 52.1 Å². The zero-order valence-corrected chi connectivity index (χ0v) is 17.8. The van der Waals surface area contributed by atoms with Crippen LogP contribution in [0.5, 0.6) is 5.75 Å². The van der Waals surface area contributed by atoms with Gasteiger partial charge >= 0.3 is 12.1 Å². The van der Waals surface area contributed by atoms with Crippen molar-refractivity contribution in [3.63, 3.8) is 0 Å². The number of hydrogen-bond acceptors (Lipinski definition) is 6. The Morgan fingerprint density at radius 2 is 1.57 bits per heavy atom. The van der Waals surface area contributed by atoms with Crippen LogP contribution in [0.2, 0.25) is 0 Å². The normalized spacial score (nSPS) is 21.2. The van der Waals surface area contributed by atoms with Gasteiger partial charge in [0.05, 0.1) is 14.2 Å². The van der Waals surface area contributed by atoms with Gasteiger partial charge in [-0.2, -0.15) is 0 Å². The first-order valence-electron chi connectivity index (χ1n) is 9.68. The number of rotatable bonds is 4. The Hall–Kier alpha value is -3.06. The Bertz CT molecular complexity index is 875. The maximum atomic E-state index is 13.3. The molecule has 3 atom stereocenters. The second-order valence-electron chi connectivity index (χ2n) is 7.95. The molecule has 1 heterocycles. The molecule has 2 aromatic rings. The highest BCUT2D eigenvalue weighted by atomic mass is 16.6. The highest BCUT2D eigenvalue weighted by molar-refractivity contribution is 5.79. The van der Waals surface area contributed by atoms with E-state index in [1.807, 2.05) is 30.3 Å². The van der Waals surface area contributed by atoms with Crippen LogP contribution in [-0.4, -0.2) is 42.9 Å². The molecule has 7 nitrogen and oxygen atoms in total. The topological polar surface area (TPSA) is 74.3 Å². The second-order valence-corrected chi connectivity index (χ2v) is 7.95. The molecule has 0 N–H and O–H groups in total. The summed E-state index contributed by atoms with van der Waals surface area (Å²) in [6, 6.07) is 15.7. The van der Waals surface area contributed by atoms with Crippen molar-refractivity contribution in [3.05, 3.63) is 65.7 Å². The van der Waals surface area contributed by atoms with E-state index in [4.69, 9.17) is 18.9 Å². The lowest BCUT2D eigenvalue weighted by molar-refractivity contribution is -0.154. The van der Waals surface area contributed by atoms with Gasteiger partial charge in [0.1, 0.15) is 17.4 Å². The van der Waals surface area contributed by atoms with E-state index in [0.717, 1.165) is 5.56 Å². The van der Waals surface area contributed by atoms with Gasteiger partial charge in [0, 0.05) is 5.56 Å². The molecule has 0 saturated carbocycles. The van der Waals surface area contributed by atoms with Gasteiger partial charge in [-0.25, -0.2) is 9.59 Å². The summed E-state index contributed by atoms with van der Waals surface area (Å²) < 4.78 is 22.0. The van der Waals surface area contributed by atoms with Gasteiger partial charge in [-0.05, 0) is 38.5 Å². The molecule has 160 valence electrons. The van der Waals surface area contributed by atoms with Gasteiger partial charge in [-0.15, -0.1) is 0 Å². The van der Waals surface area contributed by atoms with Gasteiger partial charge in [0.15, 0.2) is 12.3 Å². The number of carbonyl (C=O) groups is 2. The van der Waals surface area contributed by atoms with Crippen LogP contribution >= 0.6 is 0 Å². The largest absolute Gasteiger partial charge is 0.497 e. The van der Waals surface area contributed by atoms with Crippen LogP contribution in [-0.2, 0) is 19.0 Å². The van der Waals surface area contributed by atoms with Crippen molar-refractivity contribution in [3.8, 4) is 5.75 Å². The van der Waals surface area contributed by atoms with Crippen LogP contribution < -0.4 is 4.74 Å². The van der Waals surface area contributed by atoms with Gasteiger partial charge in [-0.3, -0.25) is 4.90 Å². The minimum atomic E-state index is -1.00. The summed E-state index contributed by atoms with van der Waals surface area (Å²) in [6.07, 6.45) is -2.42.